The lowest BCUT2D eigenvalue weighted by Gasteiger charge is -1.96. The highest BCUT2D eigenvalue weighted by molar-refractivity contribution is 5.90. The molecule has 1 aromatic rings. The molecule has 0 bridgehead atoms. The number of aliphatic carboxylic acids is 1. The molecule has 0 aliphatic heterocycles. The Morgan fingerprint density at radius 3 is 2.77 bits per heavy atom. The summed E-state index contributed by atoms with van der Waals surface area (Å²) in [6.45, 7) is 0. The van der Waals surface area contributed by atoms with E-state index in [-0.39, 0.29) is 18.8 Å². The average Bonchev–Trinajstić information content (AvgIpc) is 2.53. The van der Waals surface area contributed by atoms with Gasteiger partial charge in [0.2, 0.25) is 11.9 Å². The Morgan fingerprint density at radius 2 is 2.23 bits per heavy atom. The maximum atomic E-state index is 10.9. The Morgan fingerprint density at radius 1 is 1.46 bits per heavy atom. The van der Waals surface area contributed by atoms with Crippen LogP contribution in [0.25, 0.3) is 0 Å². The molecule has 0 radical (unpaired) electrons. The van der Waals surface area contributed by atoms with Crippen molar-refractivity contribution in [2.75, 3.05) is 5.32 Å². The second kappa shape index (κ2) is 4.14. The van der Waals surface area contributed by atoms with Crippen molar-refractivity contribution in [3.8, 4) is 0 Å². The first-order chi connectivity index (χ1) is 6.18. The molecular formula is C5H7N5O3. The molecule has 13 heavy (non-hydrogen) atoms. The Hall–Kier alpha value is -1.99. The van der Waals surface area contributed by atoms with Crippen molar-refractivity contribution in [1.29, 1.82) is 0 Å². The highest BCUT2D eigenvalue weighted by atomic mass is 16.4. The minimum atomic E-state index is -1.02. The number of hydrogen-bond donors (Lipinski definition) is 3. The molecule has 0 atom stereocenters. The molecule has 0 unspecified atom stereocenters. The zero-order valence-corrected chi connectivity index (χ0v) is 6.52. The van der Waals surface area contributed by atoms with Gasteiger partial charge in [-0.25, -0.2) is 5.10 Å². The number of hydrogen-bond acceptors (Lipinski definition) is 5. The van der Waals surface area contributed by atoms with E-state index in [1.165, 1.54) is 0 Å². The zero-order valence-electron chi connectivity index (χ0n) is 6.52. The van der Waals surface area contributed by atoms with Gasteiger partial charge in [-0.3, -0.25) is 14.9 Å². The molecule has 0 fully saturated rings. The van der Waals surface area contributed by atoms with Gasteiger partial charge in [-0.05, 0) is 10.4 Å². The van der Waals surface area contributed by atoms with Crippen LogP contribution < -0.4 is 5.32 Å². The maximum absolute atomic E-state index is 10.9. The minimum absolute atomic E-state index is 0.101. The van der Waals surface area contributed by atoms with Crippen LogP contribution in [0.4, 0.5) is 5.95 Å². The molecule has 0 aromatic carbocycles. The first-order valence-corrected chi connectivity index (χ1v) is 3.44. The molecule has 0 aliphatic rings. The number of aromatic nitrogens is 4. The lowest BCUT2D eigenvalue weighted by molar-refractivity contribution is -0.138. The summed E-state index contributed by atoms with van der Waals surface area (Å²) in [4.78, 5) is 21.0. The predicted octanol–water partition coefficient (Wildman–Crippen LogP) is -0.997. The Balaban J connectivity index is 2.30. The van der Waals surface area contributed by atoms with Gasteiger partial charge in [0.1, 0.15) is 0 Å². The van der Waals surface area contributed by atoms with E-state index in [0.717, 1.165) is 0 Å². The monoisotopic (exact) mass is 185 g/mol. The van der Waals surface area contributed by atoms with Crippen molar-refractivity contribution in [2.45, 2.75) is 12.8 Å². The van der Waals surface area contributed by atoms with Gasteiger partial charge in [0.25, 0.3) is 0 Å². The summed E-state index contributed by atoms with van der Waals surface area (Å²) >= 11 is 0. The van der Waals surface area contributed by atoms with E-state index in [9.17, 15) is 9.59 Å². The largest absolute Gasteiger partial charge is 0.481 e. The van der Waals surface area contributed by atoms with Crippen LogP contribution >= 0.6 is 0 Å². The van der Waals surface area contributed by atoms with E-state index < -0.39 is 11.9 Å². The molecule has 1 amide bonds. The van der Waals surface area contributed by atoms with Gasteiger partial charge >= 0.3 is 5.97 Å². The lowest BCUT2D eigenvalue weighted by atomic mass is 10.3. The number of amides is 1. The number of anilines is 1. The van der Waals surface area contributed by atoms with Crippen molar-refractivity contribution in [2.24, 2.45) is 0 Å². The van der Waals surface area contributed by atoms with E-state index in [0.29, 0.717) is 0 Å². The molecule has 1 rings (SSSR count). The number of nitrogens with one attached hydrogen (secondary N) is 2. The van der Waals surface area contributed by atoms with E-state index in [2.05, 4.69) is 25.9 Å². The molecule has 0 saturated carbocycles. The van der Waals surface area contributed by atoms with E-state index in [4.69, 9.17) is 5.11 Å². The van der Waals surface area contributed by atoms with Gasteiger partial charge in [0.05, 0.1) is 6.42 Å². The first kappa shape index (κ1) is 9.10. The summed E-state index contributed by atoms with van der Waals surface area (Å²) in [7, 11) is 0. The smallest absolute Gasteiger partial charge is 0.303 e. The Bertz CT molecular complexity index is 295. The fraction of sp³-hybridized carbons (Fsp3) is 0.400. The molecule has 3 N–H and O–H groups in total. The van der Waals surface area contributed by atoms with Crippen molar-refractivity contribution < 1.29 is 14.7 Å². The zero-order chi connectivity index (χ0) is 9.68. The van der Waals surface area contributed by atoms with Crippen LogP contribution in [0.2, 0.25) is 0 Å². The molecule has 8 heteroatoms. The summed E-state index contributed by atoms with van der Waals surface area (Å²) in [6.07, 6.45) is -0.316. The fourth-order valence-corrected chi connectivity index (χ4v) is 0.627. The van der Waals surface area contributed by atoms with Crippen LogP contribution in [0.3, 0.4) is 0 Å². The minimum Gasteiger partial charge on any atom is -0.481 e. The number of carboxylic acids is 1. The second-order valence-electron chi connectivity index (χ2n) is 2.19. The average molecular weight is 185 g/mol. The Kier molecular flexibility index (Phi) is 2.90. The van der Waals surface area contributed by atoms with Crippen LogP contribution in [-0.2, 0) is 9.59 Å². The van der Waals surface area contributed by atoms with Crippen molar-refractivity contribution in [3.05, 3.63) is 0 Å². The number of rotatable bonds is 4. The molecule has 8 nitrogen and oxygen atoms in total. The number of carbonyl (C=O) groups is 2. The number of carbonyl (C=O) groups excluding carboxylic acids is 1. The summed E-state index contributed by atoms with van der Waals surface area (Å²) in [6, 6.07) is 0. The van der Waals surface area contributed by atoms with E-state index in [1.807, 2.05) is 0 Å². The number of tetrazole rings is 1. The third kappa shape index (κ3) is 3.27. The van der Waals surface area contributed by atoms with Gasteiger partial charge < -0.3 is 5.11 Å². The van der Waals surface area contributed by atoms with E-state index in [1.54, 1.807) is 0 Å². The molecule has 1 aromatic heterocycles. The third-order valence-electron chi connectivity index (χ3n) is 1.17. The van der Waals surface area contributed by atoms with Gasteiger partial charge in [-0.1, -0.05) is 5.10 Å². The van der Waals surface area contributed by atoms with Gasteiger partial charge in [-0.15, -0.1) is 0 Å². The van der Waals surface area contributed by atoms with Crippen molar-refractivity contribution in [3.63, 3.8) is 0 Å². The Labute approximate surface area is 72.3 Å². The topological polar surface area (TPSA) is 121 Å². The standard InChI is InChI=1S/C5H7N5O3/c11-3(1-2-4(12)13)6-5-7-9-10-8-5/h1-2H2,(H,12,13)(H2,6,7,8,9,10,11). The van der Waals surface area contributed by atoms with Crippen molar-refractivity contribution in [1.82, 2.24) is 20.6 Å². The molecule has 1 heterocycles. The quantitative estimate of drug-likeness (QED) is 0.553. The normalized spacial score (nSPS) is 9.54. The summed E-state index contributed by atoms with van der Waals surface area (Å²) in [5.41, 5.74) is 0. The molecule has 70 valence electrons. The van der Waals surface area contributed by atoms with Crippen LogP contribution in [0.5, 0.6) is 0 Å². The number of aromatic amines is 1. The molecular weight excluding hydrogens is 178 g/mol. The van der Waals surface area contributed by atoms with Crippen molar-refractivity contribution >= 4 is 17.8 Å². The van der Waals surface area contributed by atoms with Crippen LogP contribution in [0, 0.1) is 0 Å². The number of nitrogens with zero attached hydrogens (tertiary/aromatic N) is 3. The number of H-pyrrole nitrogens is 1. The predicted molar refractivity (Wildman–Crippen MR) is 39.7 cm³/mol. The second-order valence-corrected chi connectivity index (χ2v) is 2.19. The van der Waals surface area contributed by atoms with Crippen LogP contribution in [0.1, 0.15) is 12.8 Å². The van der Waals surface area contributed by atoms with Gasteiger partial charge in [-0.2, -0.15) is 0 Å². The van der Waals surface area contributed by atoms with Crippen LogP contribution in [-0.4, -0.2) is 37.6 Å². The third-order valence-corrected chi connectivity index (χ3v) is 1.17. The first-order valence-electron chi connectivity index (χ1n) is 3.44. The van der Waals surface area contributed by atoms with E-state index >= 15 is 0 Å². The fourth-order valence-electron chi connectivity index (χ4n) is 0.627. The van der Waals surface area contributed by atoms with Gasteiger partial charge in [0, 0.05) is 6.42 Å². The van der Waals surface area contributed by atoms with Crippen LogP contribution in [0.15, 0.2) is 0 Å². The van der Waals surface area contributed by atoms with Gasteiger partial charge in [0.15, 0.2) is 0 Å². The maximum Gasteiger partial charge on any atom is 0.303 e. The lowest BCUT2D eigenvalue weighted by Crippen LogP contribution is -2.14. The summed E-state index contributed by atoms with van der Waals surface area (Å²) < 4.78 is 0. The summed E-state index contributed by atoms with van der Waals surface area (Å²) in [5.74, 6) is -1.36. The summed E-state index contributed by atoms with van der Waals surface area (Å²) in [5, 5.41) is 22.7. The highest BCUT2D eigenvalue weighted by Crippen LogP contribution is 1.95. The number of carboxylic acid groups (broad SMARTS) is 1. The molecule has 0 saturated heterocycles. The molecule has 0 aliphatic carbocycles. The molecule has 0 spiro atoms. The SMILES string of the molecule is O=C(O)CCC(=O)Nc1nnn[nH]1. The highest BCUT2D eigenvalue weighted by Gasteiger charge is 2.06.